The zero-order valence-corrected chi connectivity index (χ0v) is 12.6. The van der Waals surface area contributed by atoms with Gasteiger partial charge in [0, 0.05) is 11.5 Å². The van der Waals surface area contributed by atoms with Gasteiger partial charge in [0.15, 0.2) is 0 Å². The highest BCUT2D eigenvalue weighted by molar-refractivity contribution is 5.14. The topological polar surface area (TPSA) is 51.0 Å². The predicted molar refractivity (Wildman–Crippen MR) is 76.1 cm³/mol. The lowest BCUT2D eigenvalue weighted by molar-refractivity contribution is -0.0182. The molecule has 0 radical (unpaired) electrons. The second-order valence-corrected chi connectivity index (χ2v) is 7.73. The molecule has 4 nitrogen and oxygen atoms in total. The molecule has 4 bridgehead atoms. The molecule has 1 aromatic heterocycles. The van der Waals surface area contributed by atoms with Gasteiger partial charge in [-0.25, -0.2) is 0 Å². The number of nitrogens with one attached hydrogen (secondary N) is 1. The molecular formula is C16H25N3O. The van der Waals surface area contributed by atoms with Gasteiger partial charge in [0.2, 0.25) is 11.8 Å². The van der Waals surface area contributed by atoms with Gasteiger partial charge < -0.3 is 9.73 Å². The summed E-state index contributed by atoms with van der Waals surface area (Å²) < 4.78 is 6.03. The van der Waals surface area contributed by atoms with Gasteiger partial charge in [0.05, 0.1) is 6.54 Å². The summed E-state index contributed by atoms with van der Waals surface area (Å²) in [5.74, 6) is 4.46. The number of hydrogen-bond acceptors (Lipinski definition) is 4. The molecule has 0 aromatic carbocycles. The van der Waals surface area contributed by atoms with E-state index in [2.05, 4.69) is 29.4 Å². The van der Waals surface area contributed by atoms with Gasteiger partial charge in [-0.05, 0) is 56.3 Å². The Morgan fingerprint density at radius 1 is 1.10 bits per heavy atom. The number of aromatic nitrogens is 2. The molecule has 4 aliphatic rings. The van der Waals surface area contributed by atoms with Crippen LogP contribution in [0.25, 0.3) is 0 Å². The molecule has 4 fully saturated rings. The minimum Gasteiger partial charge on any atom is -0.423 e. The molecule has 0 saturated heterocycles. The fourth-order valence-corrected chi connectivity index (χ4v) is 5.20. The molecule has 4 saturated carbocycles. The maximum absolute atomic E-state index is 6.03. The van der Waals surface area contributed by atoms with Crippen molar-refractivity contribution in [2.75, 3.05) is 0 Å². The molecule has 110 valence electrons. The van der Waals surface area contributed by atoms with Gasteiger partial charge in [0.1, 0.15) is 0 Å². The molecule has 0 aliphatic heterocycles. The van der Waals surface area contributed by atoms with Crippen LogP contribution in [0.2, 0.25) is 0 Å². The number of hydrogen-bond donors (Lipinski definition) is 1. The van der Waals surface area contributed by atoms with Crippen LogP contribution in [0.1, 0.15) is 64.2 Å². The molecule has 1 heterocycles. The lowest BCUT2D eigenvalue weighted by Gasteiger charge is -2.55. The van der Waals surface area contributed by atoms with Gasteiger partial charge in [-0.3, -0.25) is 0 Å². The number of nitrogens with zero attached hydrogens (tertiary/aromatic N) is 2. The summed E-state index contributed by atoms with van der Waals surface area (Å²) in [5.41, 5.74) is 0.234. The van der Waals surface area contributed by atoms with Crippen molar-refractivity contribution in [1.82, 2.24) is 15.5 Å². The van der Waals surface area contributed by atoms with Crippen molar-refractivity contribution in [1.29, 1.82) is 0 Å². The first-order valence-electron chi connectivity index (χ1n) is 8.19. The van der Waals surface area contributed by atoms with E-state index in [0.717, 1.165) is 29.5 Å². The third-order valence-corrected chi connectivity index (χ3v) is 5.62. The monoisotopic (exact) mass is 275 g/mol. The summed E-state index contributed by atoms with van der Waals surface area (Å²) in [5, 5.41) is 12.0. The van der Waals surface area contributed by atoms with E-state index in [1.54, 1.807) is 0 Å². The summed E-state index contributed by atoms with van der Waals surface area (Å²) in [7, 11) is 0. The second kappa shape index (κ2) is 4.55. The van der Waals surface area contributed by atoms with Crippen LogP contribution in [0.15, 0.2) is 4.42 Å². The van der Waals surface area contributed by atoms with E-state index < -0.39 is 0 Å². The fourth-order valence-electron chi connectivity index (χ4n) is 5.20. The highest BCUT2D eigenvalue weighted by Crippen LogP contribution is 2.60. The van der Waals surface area contributed by atoms with Crippen molar-refractivity contribution in [2.45, 2.75) is 70.4 Å². The SMILES string of the molecule is CC(C)NCc1nnc(C23CC4CC(CC(C4)C2)C3)o1. The van der Waals surface area contributed by atoms with Crippen LogP contribution in [0.4, 0.5) is 0 Å². The van der Waals surface area contributed by atoms with E-state index in [9.17, 15) is 0 Å². The molecule has 4 heteroatoms. The lowest BCUT2D eigenvalue weighted by atomic mass is 9.49. The van der Waals surface area contributed by atoms with Crippen LogP contribution >= 0.6 is 0 Å². The molecule has 0 atom stereocenters. The van der Waals surface area contributed by atoms with Crippen molar-refractivity contribution in [3.05, 3.63) is 11.8 Å². The lowest BCUT2D eigenvalue weighted by Crippen LogP contribution is -2.48. The Hall–Kier alpha value is -0.900. The van der Waals surface area contributed by atoms with Gasteiger partial charge in [0.25, 0.3) is 0 Å². The maximum Gasteiger partial charge on any atom is 0.230 e. The van der Waals surface area contributed by atoms with Gasteiger partial charge in [-0.15, -0.1) is 10.2 Å². The van der Waals surface area contributed by atoms with Gasteiger partial charge in [-0.1, -0.05) is 13.8 Å². The molecule has 0 amide bonds. The third-order valence-electron chi connectivity index (χ3n) is 5.62. The molecule has 1 aromatic rings. The highest BCUT2D eigenvalue weighted by atomic mass is 16.4. The van der Waals surface area contributed by atoms with E-state index >= 15 is 0 Å². The average molecular weight is 275 g/mol. The van der Waals surface area contributed by atoms with Crippen molar-refractivity contribution in [2.24, 2.45) is 17.8 Å². The standard InChI is InChI=1S/C16H25N3O/c1-10(2)17-9-14-18-19-15(20-14)16-6-11-3-12(7-16)5-13(4-11)8-16/h10-13,17H,3-9H2,1-2H3. The van der Waals surface area contributed by atoms with E-state index in [4.69, 9.17) is 4.42 Å². The Bertz CT molecular complexity index is 458. The van der Waals surface area contributed by atoms with Crippen LogP contribution in [-0.4, -0.2) is 16.2 Å². The van der Waals surface area contributed by atoms with E-state index in [1.165, 1.54) is 38.5 Å². The van der Waals surface area contributed by atoms with Crippen molar-refractivity contribution >= 4 is 0 Å². The first-order valence-corrected chi connectivity index (χ1v) is 8.19. The molecule has 5 rings (SSSR count). The summed E-state index contributed by atoms with van der Waals surface area (Å²) in [6, 6.07) is 0.449. The number of rotatable bonds is 4. The Labute approximate surface area is 120 Å². The van der Waals surface area contributed by atoms with Crippen molar-refractivity contribution < 1.29 is 4.42 Å². The Kier molecular flexibility index (Phi) is 2.92. The minimum absolute atomic E-state index is 0.234. The van der Waals surface area contributed by atoms with Crippen molar-refractivity contribution in [3.8, 4) is 0 Å². The highest BCUT2D eigenvalue weighted by Gasteiger charge is 2.54. The second-order valence-electron chi connectivity index (χ2n) is 7.73. The van der Waals surface area contributed by atoms with Crippen LogP contribution in [-0.2, 0) is 12.0 Å². The summed E-state index contributed by atoms with van der Waals surface area (Å²) in [6.45, 7) is 4.96. The van der Waals surface area contributed by atoms with E-state index in [0.29, 0.717) is 12.6 Å². The summed E-state index contributed by atoms with van der Waals surface area (Å²) in [6.07, 6.45) is 8.23. The largest absolute Gasteiger partial charge is 0.423 e. The van der Waals surface area contributed by atoms with Gasteiger partial charge in [-0.2, -0.15) is 0 Å². The maximum atomic E-state index is 6.03. The zero-order valence-electron chi connectivity index (χ0n) is 12.6. The zero-order chi connectivity index (χ0) is 13.7. The first kappa shape index (κ1) is 12.8. The Morgan fingerprint density at radius 2 is 1.70 bits per heavy atom. The normalized spacial score (nSPS) is 38.9. The molecule has 0 spiro atoms. The molecule has 0 unspecified atom stereocenters. The summed E-state index contributed by atoms with van der Waals surface area (Å²) in [4.78, 5) is 0. The minimum atomic E-state index is 0.234. The van der Waals surface area contributed by atoms with Crippen LogP contribution in [0.3, 0.4) is 0 Å². The van der Waals surface area contributed by atoms with Crippen LogP contribution in [0.5, 0.6) is 0 Å². The average Bonchev–Trinajstić information content (AvgIpc) is 2.84. The summed E-state index contributed by atoms with van der Waals surface area (Å²) >= 11 is 0. The molecular weight excluding hydrogens is 250 g/mol. The predicted octanol–water partition coefficient (Wildman–Crippen LogP) is 3.04. The molecule has 1 N–H and O–H groups in total. The quantitative estimate of drug-likeness (QED) is 0.917. The van der Waals surface area contributed by atoms with Crippen LogP contribution in [0, 0.1) is 17.8 Å². The Balaban J connectivity index is 1.55. The van der Waals surface area contributed by atoms with Crippen molar-refractivity contribution in [3.63, 3.8) is 0 Å². The van der Waals surface area contributed by atoms with Gasteiger partial charge >= 0.3 is 0 Å². The molecule has 4 aliphatic carbocycles. The Morgan fingerprint density at radius 3 is 2.25 bits per heavy atom. The smallest absolute Gasteiger partial charge is 0.230 e. The molecule has 20 heavy (non-hydrogen) atoms. The van der Waals surface area contributed by atoms with Crippen LogP contribution < -0.4 is 5.32 Å². The fraction of sp³-hybridized carbons (Fsp3) is 0.875. The van der Waals surface area contributed by atoms with E-state index in [1.807, 2.05) is 0 Å². The van der Waals surface area contributed by atoms with E-state index in [-0.39, 0.29) is 5.41 Å². The third kappa shape index (κ3) is 2.09. The first-order chi connectivity index (χ1) is 9.63.